The Morgan fingerprint density at radius 1 is 1.32 bits per heavy atom. The maximum Gasteiger partial charge on any atom is 0.424 e. The van der Waals surface area contributed by atoms with Crippen LogP contribution in [0.15, 0.2) is 29.2 Å². The quantitative estimate of drug-likeness (QED) is 0.778. The molecule has 1 aromatic rings. The van der Waals surface area contributed by atoms with Crippen LogP contribution < -0.4 is 0 Å². The van der Waals surface area contributed by atoms with Gasteiger partial charge in [-0.05, 0) is 26.0 Å². The fourth-order valence-electron chi connectivity index (χ4n) is 2.22. The molecule has 1 fully saturated rings. The van der Waals surface area contributed by atoms with Crippen molar-refractivity contribution >= 4 is 22.1 Å². The van der Waals surface area contributed by atoms with Gasteiger partial charge in [0, 0.05) is 0 Å². The number of sulfonamides is 1. The van der Waals surface area contributed by atoms with Crippen LogP contribution in [0.1, 0.15) is 18.9 Å². The lowest BCUT2D eigenvalue weighted by molar-refractivity contribution is -0.141. The molecular weight excluding hydrogens is 310 g/mol. The number of carbonyl (C=O) groups excluding carboxylic acids is 2. The van der Waals surface area contributed by atoms with E-state index in [4.69, 9.17) is 4.74 Å². The molecule has 0 radical (unpaired) electrons. The predicted molar refractivity (Wildman–Crippen MR) is 76.6 cm³/mol. The van der Waals surface area contributed by atoms with Gasteiger partial charge in [-0.1, -0.05) is 17.7 Å². The normalized spacial score (nSPS) is 21.6. The molecule has 1 amide bonds. The van der Waals surface area contributed by atoms with Crippen LogP contribution in [0, 0.1) is 6.92 Å². The summed E-state index contributed by atoms with van der Waals surface area (Å²) in [5.74, 6) is -0.612. The molecule has 0 N–H and O–H groups in total. The highest BCUT2D eigenvalue weighted by Gasteiger charge is 2.47. The lowest BCUT2D eigenvalue weighted by Crippen LogP contribution is -2.42. The average molecular weight is 327 g/mol. The van der Waals surface area contributed by atoms with Crippen molar-refractivity contribution in [2.45, 2.75) is 37.3 Å². The van der Waals surface area contributed by atoms with Crippen molar-refractivity contribution in [2.75, 3.05) is 7.11 Å². The number of hydrogen-bond donors (Lipinski definition) is 0. The van der Waals surface area contributed by atoms with Crippen molar-refractivity contribution in [3.05, 3.63) is 29.8 Å². The first kappa shape index (κ1) is 16.3. The van der Waals surface area contributed by atoms with Crippen molar-refractivity contribution in [1.29, 1.82) is 0 Å². The average Bonchev–Trinajstić information content (AvgIpc) is 2.74. The molecule has 22 heavy (non-hydrogen) atoms. The maximum absolute atomic E-state index is 12.7. The van der Waals surface area contributed by atoms with Crippen molar-refractivity contribution < 1.29 is 27.5 Å². The minimum Gasteiger partial charge on any atom is -0.469 e. The first-order valence-corrected chi connectivity index (χ1v) is 8.10. The van der Waals surface area contributed by atoms with Gasteiger partial charge in [-0.3, -0.25) is 4.79 Å². The molecule has 2 rings (SSSR count). The zero-order valence-electron chi connectivity index (χ0n) is 12.5. The Bertz CT molecular complexity index is 682. The number of esters is 1. The summed E-state index contributed by atoms with van der Waals surface area (Å²) in [5.41, 5.74) is 0.891. The van der Waals surface area contributed by atoms with Crippen LogP contribution >= 0.6 is 0 Å². The number of carbonyl (C=O) groups is 2. The van der Waals surface area contributed by atoms with E-state index in [1.54, 1.807) is 12.1 Å². The van der Waals surface area contributed by atoms with E-state index in [2.05, 4.69) is 4.74 Å². The predicted octanol–water partition coefficient (Wildman–Crippen LogP) is 1.46. The zero-order chi connectivity index (χ0) is 16.5. The van der Waals surface area contributed by atoms with Crippen LogP contribution in [0.2, 0.25) is 0 Å². The third-order valence-corrected chi connectivity index (χ3v) is 5.30. The number of ether oxygens (including phenoxy) is 2. The standard InChI is InChI=1S/C14H17NO6S/c1-9-4-6-11(7-5-9)22(18,19)15-12(8-13(16)20-3)10(2)21-14(15)17/h4-7,10,12H,8H2,1-3H3/t10-,12-/m0/s1. The van der Waals surface area contributed by atoms with E-state index < -0.39 is 34.2 Å². The number of nitrogens with zero attached hydrogens (tertiary/aromatic N) is 1. The number of aryl methyl sites for hydroxylation is 1. The highest BCUT2D eigenvalue weighted by Crippen LogP contribution is 2.29. The molecule has 0 aromatic heterocycles. The van der Waals surface area contributed by atoms with E-state index in [0.717, 1.165) is 5.56 Å². The first-order chi connectivity index (χ1) is 10.3. The number of methoxy groups -OCH3 is 1. The number of cyclic esters (lactones) is 1. The lowest BCUT2D eigenvalue weighted by Gasteiger charge is -2.22. The molecule has 1 aromatic carbocycles. The van der Waals surface area contributed by atoms with E-state index in [1.807, 2.05) is 6.92 Å². The Morgan fingerprint density at radius 3 is 2.45 bits per heavy atom. The first-order valence-electron chi connectivity index (χ1n) is 6.66. The highest BCUT2D eigenvalue weighted by molar-refractivity contribution is 7.89. The molecule has 0 aliphatic carbocycles. The molecule has 7 nitrogen and oxygen atoms in total. The van der Waals surface area contributed by atoms with E-state index in [1.165, 1.54) is 26.2 Å². The van der Waals surface area contributed by atoms with Crippen molar-refractivity contribution in [3.63, 3.8) is 0 Å². The van der Waals surface area contributed by atoms with Crippen LogP contribution in [0.3, 0.4) is 0 Å². The summed E-state index contributed by atoms with van der Waals surface area (Å²) in [4.78, 5) is 23.4. The van der Waals surface area contributed by atoms with Gasteiger partial charge in [-0.25, -0.2) is 13.2 Å². The summed E-state index contributed by atoms with van der Waals surface area (Å²) < 4.78 is 35.4. The third-order valence-electron chi connectivity index (χ3n) is 3.49. The Kier molecular flexibility index (Phi) is 4.41. The second-order valence-electron chi connectivity index (χ2n) is 5.05. The summed E-state index contributed by atoms with van der Waals surface area (Å²) in [6.07, 6.45) is -1.97. The van der Waals surface area contributed by atoms with Crippen LogP contribution in [0.5, 0.6) is 0 Å². The second-order valence-corrected chi connectivity index (χ2v) is 6.87. The van der Waals surface area contributed by atoms with Gasteiger partial charge >= 0.3 is 12.1 Å². The van der Waals surface area contributed by atoms with Gasteiger partial charge in [0.05, 0.1) is 24.5 Å². The number of hydrogen-bond acceptors (Lipinski definition) is 6. The fraction of sp³-hybridized carbons (Fsp3) is 0.429. The topological polar surface area (TPSA) is 90.0 Å². The Hall–Kier alpha value is -2.09. The summed E-state index contributed by atoms with van der Waals surface area (Å²) in [6, 6.07) is 5.16. The smallest absolute Gasteiger partial charge is 0.424 e. The fourth-order valence-corrected chi connectivity index (χ4v) is 3.77. The SMILES string of the molecule is COC(=O)C[C@H]1[C@H](C)OC(=O)N1S(=O)(=O)c1ccc(C)cc1. The summed E-state index contributed by atoms with van der Waals surface area (Å²) in [7, 11) is -2.89. The maximum atomic E-state index is 12.7. The molecule has 1 heterocycles. The monoisotopic (exact) mass is 327 g/mol. The van der Waals surface area contributed by atoms with Crippen LogP contribution in [0.4, 0.5) is 4.79 Å². The largest absolute Gasteiger partial charge is 0.469 e. The van der Waals surface area contributed by atoms with Gasteiger partial charge in [0.2, 0.25) is 0 Å². The molecule has 0 saturated carbocycles. The van der Waals surface area contributed by atoms with E-state index in [0.29, 0.717) is 4.31 Å². The minimum absolute atomic E-state index is 0.0287. The van der Waals surface area contributed by atoms with Crippen molar-refractivity contribution in [1.82, 2.24) is 4.31 Å². The molecule has 120 valence electrons. The van der Waals surface area contributed by atoms with Gasteiger partial charge in [-0.15, -0.1) is 0 Å². The molecular formula is C14H17NO6S. The number of amides is 1. The molecule has 0 unspecified atom stereocenters. The Balaban J connectivity index is 2.39. The molecule has 1 aliphatic rings. The van der Waals surface area contributed by atoms with E-state index >= 15 is 0 Å². The number of benzene rings is 1. The summed E-state index contributed by atoms with van der Waals surface area (Å²) >= 11 is 0. The molecule has 0 bridgehead atoms. The van der Waals surface area contributed by atoms with E-state index in [-0.39, 0.29) is 11.3 Å². The summed E-state index contributed by atoms with van der Waals surface area (Å²) in [5, 5.41) is 0. The minimum atomic E-state index is -4.09. The van der Waals surface area contributed by atoms with Gasteiger partial charge in [0.1, 0.15) is 6.10 Å². The van der Waals surface area contributed by atoms with Crippen molar-refractivity contribution in [2.24, 2.45) is 0 Å². The Labute approximate surface area is 128 Å². The second kappa shape index (κ2) is 5.96. The molecule has 0 spiro atoms. The van der Waals surface area contributed by atoms with Crippen LogP contribution in [0.25, 0.3) is 0 Å². The third kappa shape index (κ3) is 2.92. The van der Waals surface area contributed by atoms with Crippen LogP contribution in [-0.2, 0) is 24.3 Å². The van der Waals surface area contributed by atoms with Gasteiger partial charge in [0.25, 0.3) is 10.0 Å². The highest BCUT2D eigenvalue weighted by atomic mass is 32.2. The van der Waals surface area contributed by atoms with Gasteiger partial charge in [0.15, 0.2) is 0 Å². The van der Waals surface area contributed by atoms with Crippen molar-refractivity contribution in [3.8, 4) is 0 Å². The Morgan fingerprint density at radius 2 is 1.91 bits per heavy atom. The molecule has 2 atom stereocenters. The molecule has 8 heteroatoms. The van der Waals surface area contributed by atoms with Crippen LogP contribution in [-0.4, -0.2) is 44.0 Å². The summed E-state index contributed by atoms with van der Waals surface area (Å²) in [6.45, 7) is 3.36. The van der Waals surface area contributed by atoms with Gasteiger partial charge in [-0.2, -0.15) is 4.31 Å². The number of rotatable bonds is 4. The molecule has 1 saturated heterocycles. The lowest BCUT2D eigenvalue weighted by atomic mass is 10.1. The van der Waals surface area contributed by atoms with Gasteiger partial charge < -0.3 is 9.47 Å². The zero-order valence-corrected chi connectivity index (χ0v) is 13.3. The van der Waals surface area contributed by atoms with E-state index in [9.17, 15) is 18.0 Å². The molecule has 1 aliphatic heterocycles.